The lowest BCUT2D eigenvalue weighted by Crippen LogP contribution is -2.22. The van der Waals surface area contributed by atoms with Gasteiger partial charge >= 0.3 is 0 Å². The molecule has 0 saturated heterocycles. The normalized spacial score (nSPS) is 11.5. The number of nitrogens with one attached hydrogen (secondary N) is 2. The van der Waals surface area contributed by atoms with Crippen molar-refractivity contribution in [3.05, 3.63) is 59.8 Å². The van der Waals surface area contributed by atoms with E-state index < -0.39 is 16.8 Å². The van der Waals surface area contributed by atoms with E-state index in [1.54, 1.807) is 5.48 Å². The van der Waals surface area contributed by atoms with Gasteiger partial charge in [-0.1, -0.05) is 43.2 Å². The molecule has 1 amide bonds. The summed E-state index contributed by atoms with van der Waals surface area (Å²) in [6.45, 7) is 2.84. The Kier molecular flexibility index (Phi) is 8.22. The second-order valence-corrected chi connectivity index (χ2v) is 8.82. The maximum atomic E-state index is 11.6. The highest BCUT2D eigenvalue weighted by atomic mass is 32.2. The Morgan fingerprint density at radius 1 is 1.00 bits per heavy atom. The third-order valence-electron chi connectivity index (χ3n) is 5.33. The number of aromatic nitrogens is 1. The van der Waals surface area contributed by atoms with Gasteiger partial charge in [0.05, 0.1) is 0 Å². The van der Waals surface area contributed by atoms with E-state index >= 15 is 0 Å². The van der Waals surface area contributed by atoms with Gasteiger partial charge in [0, 0.05) is 36.1 Å². The lowest BCUT2D eigenvalue weighted by molar-refractivity contribution is -0.129. The van der Waals surface area contributed by atoms with Crippen LogP contribution >= 0.6 is 0 Å². The highest BCUT2D eigenvalue weighted by Crippen LogP contribution is 2.25. The van der Waals surface area contributed by atoms with E-state index in [9.17, 15) is 13.2 Å². The number of rotatable bonds is 11. The zero-order chi connectivity index (χ0) is 22.2. The Balaban J connectivity index is 1.54. The fourth-order valence-corrected chi connectivity index (χ4v) is 4.26. The molecule has 3 N–H and O–H groups in total. The van der Waals surface area contributed by atoms with Gasteiger partial charge in [-0.25, -0.2) is 13.9 Å². The maximum Gasteiger partial charge on any atom is 0.243 e. The molecule has 3 rings (SSSR count). The number of hydrogen-bond acceptors (Lipinski definition) is 4. The van der Waals surface area contributed by atoms with Gasteiger partial charge in [-0.15, -0.1) is 0 Å². The zero-order valence-electron chi connectivity index (χ0n) is 17.6. The van der Waals surface area contributed by atoms with Gasteiger partial charge in [0.2, 0.25) is 16.8 Å². The lowest BCUT2D eigenvalue weighted by atomic mass is 10.0. The summed E-state index contributed by atoms with van der Waals surface area (Å²) in [5.74, 6) is -0.393. The standard InChI is InChI=1S/C23H29N3O4S/c1-17-14-21-15-20(11-12-22(21)24-17)19-9-7-18(8-10-19)16-26(31(29)30)13-5-3-2-4-6-23(27)25-28/h7-12,14-15,24,28,31H,2-6,13,16H2,1H3,(H,25,27). The number of hydroxylamine groups is 1. The number of aryl methyl sites for hydroxylation is 1. The van der Waals surface area contributed by atoms with Crippen LogP contribution in [0.4, 0.5) is 0 Å². The molecule has 3 aromatic rings. The zero-order valence-corrected chi connectivity index (χ0v) is 18.5. The minimum Gasteiger partial charge on any atom is -0.359 e. The molecule has 0 radical (unpaired) electrons. The fourth-order valence-electron chi connectivity index (χ4n) is 3.68. The molecule has 0 saturated carbocycles. The van der Waals surface area contributed by atoms with Gasteiger partial charge in [-0.3, -0.25) is 10.0 Å². The number of aromatic amines is 1. The van der Waals surface area contributed by atoms with E-state index in [4.69, 9.17) is 5.21 Å². The van der Waals surface area contributed by atoms with Crippen LogP contribution in [0.2, 0.25) is 0 Å². The molecule has 1 aromatic heterocycles. The van der Waals surface area contributed by atoms with Crippen LogP contribution in [0.1, 0.15) is 43.4 Å². The molecular weight excluding hydrogens is 414 g/mol. The average molecular weight is 444 g/mol. The molecule has 0 bridgehead atoms. The molecular formula is C23H29N3O4S. The second-order valence-electron chi connectivity index (χ2n) is 7.78. The van der Waals surface area contributed by atoms with Crippen LogP contribution in [0.15, 0.2) is 48.5 Å². The van der Waals surface area contributed by atoms with E-state index in [2.05, 4.69) is 29.2 Å². The summed E-state index contributed by atoms with van der Waals surface area (Å²) >= 11 is 0. The van der Waals surface area contributed by atoms with E-state index in [-0.39, 0.29) is 6.42 Å². The quantitative estimate of drug-likeness (QED) is 0.156. The first-order valence-electron chi connectivity index (χ1n) is 10.5. The summed E-state index contributed by atoms with van der Waals surface area (Å²) in [5, 5.41) is 9.63. The molecule has 0 fully saturated rings. The van der Waals surface area contributed by atoms with Crippen molar-refractivity contribution in [1.82, 2.24) is 14.8 Å². The molecule has 0 aliphatic carbocycles. The number of thiol groups is 1. The van der Waals surface area contributed by atoms with Gasteiger partial charge in [-0.05, 0) is 54.7 Å². The molecule has 166 valence electrons. The highest BCUT2D eigenvalue weighted by Gasteiger charge is 2.09. The molecule has 0 aliphatic rings. The van der Waals surface area contributed by atoms with Gasteiger partial charge in [0.25, 0.3) is 0 Å². The first kappa shape index (κ1) is 23.0. The Morgan fingerprint density at radius 3 is 2.42 bits per heavy atom. The SMILES string of the molecule is Cc1cc2cc(-c3ccc(CN(CCCCCCC(=O)NO)[SH](=O)=O)cc3)ccc2[nH]1. The van der Waals surface area contributed by atoms with E-state index in [1.807, 2.05) is 31.2 Å². The van der Waals surface area contributed by atoms with Crippen molar-refractivity contribution in [1.29, 1.82) is 0 Å². The summed E-state index contributed by atoms with van der Waals surface area (Å²) in [6.07, 6.45) is 3.33. The number of hydrogen-bond donors (Lipinski definition) is 4. The van der Waals surface area contributed by atoms with Gasteiger partial charge in [0.15, 0.2) is 0 Å². The third-order valence-corrected chi connectivity index (χ3v) is 6.14. The van der Waals surface area contributed by atoms with E-state index in [0.717, 1.165) is 47.2 Å². The molecule has 0 atom stereocenters. The van der Waals surface area contributed by atoms with Crippen molar-refractivity contribution < 1.29 is 18.4 Å². The van der Waals surface area contributed by atoms with Crippen molar-refractivity contribution >= 4 is 27.7 Å². The minimum absolute atomic E-state index is 0.277. The van der Waals surface area contributed by atoms with Crippen LogP contribution in [0.3, 0.4) is 0 Å². The number of fused-ring (bicyclic) bond motifs is 1. The van der Waals surface area contributed by atoms with Crippen molar-refractivity contribution in [3.63, 3.8) is 0 Å². The lowest BCUT2D eigenvalue weighted by Gasteiger charge is -2.15. The summed E-state index contributed by atoms with van der Waals surface area (Å²) in [6, 6.07) is 16.4. The number of carbonyl (C=O) groups is 1. The Hall–Kier alpha value is -2.68. The first-order chi connectivity index (χ1) is 15.0. The van der Waals surface area contributed by atoms with Crippen molar-refractivity contribution in [2.45, 2.75) is 45.6 Å². The van der Waals surface area contributed by atoms with Crippen LogP contribution in [0, 0.1) is 6.92 Å². The number of amides is 1. The van der Waals surface area contributed by atoms with Gasteiger partial charge < -0.3 is 4.98 Å². The van der Waals surface area contributed by atoms with Crippen molar-refractivity contribution in [2.24, 2.45) is 0 Å². The fraction of sp³-hybridized carbons (Fsp3) is 0.348. The third kappa shape index (κ3) is 6.65. The van der Waals surface area contributed by atoms with Crippen molar-refractivity contribution in [2.75, 3.05) is 6.54 Å². The topological polar surface area (TPSA) is 102 Å². The van der Waals surface area contributed by atoms with Crippen molar-refractivity contribution in [3.8, 4) is 11.1 Å². The van der Waals surface area contributed by atoms with Crippen LogP contribution in [-0.4, -0.2) is 35.4 Å². The summed E-state index contributed by atoms with van der Waals surface area (Å²) < 4.78 is 24.7. The summed E-state index contributed by atoms with van der Waals surface area (Å²) in [5.41, 5.74) is 7.02. The average Bonchev–Trinajstić information content (AvgIpc) is 3.14. The van der Waals surface area contributed by atoms with Crippen LogP contribution in [-0.2, 0) is 22.2 Å². The number of carbonyl (C=O) groups excluding carboxylic acids is 1. The van der Waals surface area contributed by atoms with E-state index in [1.165, 1.54) is 9.69 Å². The molecule has 0 aliphatic heterocycles. The number of nitrogens with zero attached hydrogens (tertiary/aromatic N) is 1. The molecule has 7 nitrogen and oxygen atoms in total. The molecule has 0 spiro atoms. The molecule has 31 heavy (non-hydrogen) atoms. The maximum absolute atomic E-state index is 11.6. The van der Waals surface area contributed by atoms with Gasteiger partial charge in [-0.2, -0.15) is 4.31 Å². The Bertz CT molecular complexity index is 1080. The predicted octanol–water partition coefficient (Wildman–Crippen LogP) is 3.93. The number of benzene rings is 2. The largest absolute Gasteiger partial charge is 0.359 e. The van der Waals surface area contributed by atoms with Gasteiger partial charge in [0.1, 0.15) is 0 Å². The summed E-state index contributed by atoms with van der Waals surface area (Å²) in [7, 11) is -2.66. The Morgan fingerprint density at radius 2 is 1.71 bits per heavy atom. The molecule has 8 heteroatoms. The molecule has 1 heterocycles. The van der Waals surface area contributed by atoms with Crippen LogP contribution < -0.4 is 5.48 Å². The predicted molar refractivity (Wildman–Crippen MR) is 122 cm³/mol. The summed E-state index contributed by atoms with van der Waals surface area (Å²) in [4.78, 5) is 14.3. The first-order valence-corrected chi connectivity index (χ1v) is 11.6. The monoisotopic (exact) mass is 443 g/mol. The van der Waals surface area contributed by atoms with Crippen LogP contribution in [0.5, 0.6) is 0 Å². The smallest absolute Gasteiger partial charge is 0.243 e. The Labute approximate surface area is 184 Å². The molecule has 0 unspecified atom stereocenters. The molecule has 2 aromatic carbocycles. The second kappa shape index (κ2) is 11.1. The number of unbranched alkanes of at least 4 members (excludes halogenated alkanes) is 3. The number of H-pyrrole nitrogens is 1. The van der Waals surface area contributed by atoms with Crippen LogP contribution in [0.25, 0.3) is 22.0 Å². The van der Waals surface area contributed by atoms with E-state index in [0.29, 0.717) is 19.5 Å². The minimum atomic E-state index is -2.66. The highest BCUT2D eigenvalue weighted by molar-refractivity contribution is 7.69.